The minimum absolute atomic E-state index is 0.0352. The van der Waals surface area contributed by atoms with E-state index in [1.165, 1.54) is 0 Å². The van der Waals surface area contributed by atoms with Gasteiger partial charge in [0.25, 0.3) is 0 Å². The number of ether oxygens (including phenoxy) is 3. The molecule has 0 fully saturated rings. The summed E-state index contributed by atoms with van der Waals surface area (Å²) in [4.78, 5) is 0. The summed E-state index contributed by atoms with van der Waals surface area (Å²) in [5, 5.41) is 4.50. The summed E-state index contributed by atoms with van der Waals surface area (Å²) in [6.07, 6.45) is 0. The van der Waals surface area contributed by atoms with E-state index >= 15 is 0 Å². The van der Waals surface area contributed by atoms with E-state index in [4.69, 9.17) is 18.6 Å². The van der Waals surface area contributed by atoms with Crippen LogP contribution in [0.2, 0.25) is 0 Å². The Labute approximate surface area is 147 Å². The molecule has 1 N–H and O–H groups in total. The predicted molar refractivity (Wildman–Crippen MR) is 97.6 cm³/mol. The molecule has 3 aromatic rings. The SMILES string of the molecule is COc1ccc(OC)c(CNC(C)c2cc3cccc(OC)c3o2)c1. The number of para-hydroxylation sites is 1. The lowest BCUT2D eigenvalue weighted by Gasteiger charge is -2.14. The maximum Gasteiger partial charge on any atom is 0.176 e. The minimum atomic E-state index is 0.0352. The first-order valence-corrected chi connectivity index (χ1v) is 8.17. The lowest BCUT2D eigenvalue weighted by Crippen LogP contribution is -2.18. The molecule has 1 heterocycles. The van der Waals surface area contributed by atoms with Gasteiger partial charge in [-0.25, -0.2) is 0 Å². The Morgan fingerprint density at radius 1 is 0.960 bits per heavy atom. The average Bonchev–Trinajstić information content (AvgIpc) is 3.10. The molecule has 5 nitrogen and oxygen atoms in total. The van der Waals surface area contributed by atoms with Crippen LogP contribution in [0.5, 0.6) is 17.2 Å². The van der Waals surface area contributed by atoms with Gasteiger partial charge in [0.15, 0.2) is 11.3 Å². The Bertz CT molecular complexity index is 856. The van der Waals surface area contributed by atoms with Gasteiger partial charge in [0.05, 0.1) is 27.4 Å². The first-order valence-electron chi connectivity index (χ1n) is 8.17. The first-order chi connectivity index (χ1) is 12.2. The molecule has 3 rings (SSSR count). The highest BCUT2D eigenvalue weighted by Gasteiger charge is 2.15. The second-order valence-electron chi connectivity index (χ2n) is 5.81. The third kappa shape index (κ3) is 3.56. The largest absolute Gasteiger partial charge is 0.497 e. The van der Waals surface area contributed by atoms with Crippen molar-refractivity contribution in [2.24, 2.45) is 0 Å². The topological polar surface area (TPSA) is 52.9 Å². The molecule has 0 saturated carbocycles. The number of benzene rings is 2. The number of nitrogens with one attached hydrogen (secondary N) is 1. The Kier molecular flexibility index (Phi) is 5.14. The zero-order chi connectivity index (χ0) is 17.8. The normalized spacial score (nSPS) is 12.2. The van der Waals surface area contributed by atoms with Gasteiger partial charge in [0.2, 0.25) is 0 Å². The first kappa shape index (κ1) is 17.2. The molecule has 5 heteroatoms. The third-order valence-corrected chi connectivity index (χ3v) is 4.26. The molecule has 0 amide bonds. The highest BCUT2D eigenvalue weighted by molar-refractivity contribution is 5.83. The summed E-state index contributed by atoms with van der Waals surface area (Å²) in [6, 6.07) is 13.7. The highest BCUT2D eigenvalue weighted by Crippen LogP contribution is 2.31. The second-order valence-corrected chi connectivity index (χ2v) is 5.81. The van der Waals surface area contributed by atoms with Crippen molar-refractivity contribution in [2.45, 2.75) is 19.5 Å². The maximum absolute atomic E-state index is 6.00. The smallest absolute Gasteiger partial charge is 0.176 e. The summed E-state index contributed by atoms with van der Waals surface area (Å²) in [5.74, 6) is 3.23. The molecule has 0 bridgehead atoms. The zero-order valence-electron chi connectivity index (χ0n) is 15.0. The predicted octanol–water partition coefficient (Wildman–Crippen LogP) is 4.31. The summed E-state index contributed by atoms with van der Waals surface area (Å²) in [7, 11) is 4.97. The molecule has 0 saturated heterocycles. The number of rotatable bonds is 7. The monoisotopic (exact) mass is 341 g/mol. The minimum Gasteiger partial charge on any atom is -0.497 e. The quantitative estimate of drug-likeness (QED) is 0.694. The van der Waals surface area contributed by atoms with Crippen LogP contribution in [0, 0.1) is 0 Å². The molecule has 132 valence electrons. The van der Waals surface area contributed by atoms with Crippen LogP contribution >= 0.6 is 0 Å². The lowest BCUT2D eigenvalue weighted by atomic mass is 10.1. The molecule has 0 aliphatic heterocycles. The fourth-order valence-electron chi connectivity index (χ4n) is 2.81. The van der Waals surface area contributed by atoms with E-state index < -0.39 is 0 Å². The van der Waals surface area contributed by atoms with Crippen molar-refractivity contribution in [3.8, 4) is 17.2 Å². The molecule has 0 aliphatic carbocycles. The van der Waals surface area contributed by atoms with Crippen molar-refractivity contribution in [1.29, 1.82) is 0 Å². The van der Waals surface area contributed by atoms with Crippen LogP contribution in [0.4, 0.5) is 0 Å². The summed E-state index contributed by atoms with van der Waals surface area (Å²) >= 11 is 0. The van der Waals surface area contributed by atoms with E-state index in [2.05, 4.69) is 12.2 Å². The average molecular weight is 341 g/mol. The van der Waals surface area contributed by atoms with Crippen LogP contribution in [-0.2, 0) is 6.54 Å². The van der Waals surface area contributed by atoms with Crippen LogP contribution in [0.3, 0.4) is 0 Å². The highest BCUT2D eigenvalue weighted by atomic mass is 16.5. The van der Waals surface area contributed by atoms with Gasteiger partial charge in [-0.1, -0.05) is 12.1 Å². The van der Waals surface area contributed by atoms with Crippen molar-refractivity contribution < 1.29 is 18.6 Å². The van der Waals surface area contributed by atoms with Crippen molar-refractivity contribution >= 4 is 11.0 Å². The standard InChI is InChI=1S/C20H23NO4/c1-13(19-11-14-6-5-7-18(24-4)20(14)25-19)21-12-15-10-16(22-2)8-9-17(15)23-3/h5-11,13,21H,12H2,1-4H3. The zero-order valence-corrected chi connectivity index (χ0v) is 15.0. The Morgan fingerprint density at radius 3 is 2.48 bits per heavy atom. The van der Waals surface area contributed by atoms with Crippen molar-refractivity contribution in [2.75, 3.05) is 21.3 Å². The summed E-state index contributed by atoms with van der Waals surface area (Å²) < 4.78 is 22.1. The van der Waals surface area contributed by atoms with Gasteiger partial charge in [-0.05, 0) is 37.3 Å². The van der Waals surface area contributed by atoms with Crippen LogP contribution in [0.1, 0.15) is 24.3 Å². The fraction of sp³-hybridized carbons (Fsp3) is 0.300. The fourth-order valence-corrected chi connectivity index (χ4v) is 2.81. The van der Waals surface area contributed by atoms with Gasteiger partial charge in [0.1, 0.15) is 17.3 Å². The van der Waals surface area contributed by atoms with Gasteiger partial charge >= 0.3 is 0 Å². The molecule has 2 aromatic carbocycles. The van der Waals surface area contributed by atoms with Crippen LogP contribution in [0.15, 0.2) is 46.9 Å². The van der Waals surface area contributed by atoms with Gasteiger partial charge in [0, 0.05) is 17.5 Å². The molecule has 25 heavy (non-hydrogen) atoms. The van der Waals surface area contributed by atoms with E-state index in [0.717, 1.165) is 39.5 Å². The van der Waals surface area contributed by atoms with E-state index in [-0.39, 0.29) is 6.04 Å². The molecular weight excluding hydrogens is 318 g/mol. The van der Waals surface area contributed by atoms with Crippen molar-refractivity contribution in [1.82, 2.24) is 5.32 Å². The van der Waals surface area contributed by atoms with Crippen molar-refractivity contribution in [3.05, 3.63) is 53.8 Å². The second kappa shape index (κ2) is 7.49. The van der Waals surface area contributed by atoms with Gasteiger partial charge < -0.3 is 23.9 Å². The number of methoxy groups -OCH3 is 3. The third-order valence-electron chi connectivity index (χ3n) is 4.26. The van der Waals surface area contributed by atoms with Gasteiger partial charge in [-0.2, -0.15) is 0 Å². The van der Waals surface area contributed by atoms with Crippen LogP contribution < -0.4 is 19.5 Å². The molecule has 0 aliphatic rings. The Morgan fingerprint density at radius 2 is 1.76 bits per heavy atom. The van der Waals surface area contributed by atoms with E-state index in [9.17, 15) is 0 Å². The molecule has 0 spiro atoms. The molecular formula is C20H23NO4. The van der Waals surface area contributed by atoms with Crippen molar-refractivity contribution in [3.63, 3.8) is 0 Å². The van der Waals surface area contributed by atoms with Crippen LogP contribution in [0.25, 0.3) is 11.0 Å². The van der Waals surface area contributed by atoms with Gasteiger partial charge in [-0.3, -0.25) is 0 Å². The number of furan rings is 1. The van der Waals surface area contributed by atoms with Crippen LogP contribution in [-0.4, -0.2) is 21.3 Å². The number of hydrogen-bond acceptors (Lipinski definition) is 5. The Balaban J connectivity index is 1.78. The molecule has 1 aromatic heterocycles. The molecule has 1 atom stereocenters. The molecule has 0 radical (unpaired) electrons. The van der Waals surface area contributed by atoms with Gasteiger partial charge in [-0.15, -0.1) is 0 Å². The van der Waals surface area contributed by atoms with E-state index in [0.29, 0.717) is 6.54 Å². The molecule has 1 unspecified atom stereocenters. The number of fused-ring (bicyclic) bond motifs is 1. The van der Waals surface area contributed by atoms with E-state index in [1.54, 1.807) is 21.3 Å². The Hall–Kier alpha value is -2.66. The lowest BCUT2D eigenvalue weighted by molar-refractivity contribution is 0.389. The number of hydrogen-bond donors (Lipinski definition) is 1. The summed E-state index contributed by atoms with van der Waals surface area (Å²) in [5.41, 5.74) is 1.80. The van der Waals surface area contributed by atoms with E-state index in [1.807, 2.05) is 42.5 Å². The summed E-state index contributed by atoms with van der Waals surface area (Å²) in [6.45, 7) is 2.70. The maximum atomic E-state index is 6.00.